The normalized spacial score (nSPS) is 13.8. The van der Waals surface area contributed by atoms with Crippen molar-refractivity contribution < 1.29 is 14.6 Å². The topological polar surface area (TPSA) is 63.5 Å². The van der Waals surface area contributed by atoms with Crippen LogP contribution in [-0.4, -0.2) is 22.2 Å². The number of nitrogens with zero attached hydrogens (tertiary/aromatic N) is 1. The van der Waals surface area contributed by atoms with Gasteiger partial charge in [0, 0.05) is 34.9 Å². The van der Waals surface area contributed by atoms with Gasteiger partial charge in [0.05, 0.1) is 13.2 Å². The van der Waals surface area contributed by atoms with Crippen LogP contribution in [0.25, 0.3) is 10.9 Å². The minimum absolute atomic E-state index is 0.0119. The number of nitrogens with one attached hydrogen (secondary N) is 1. The van der Waals surface area contributed by atoms with Gasteiger partial charge in [-0.25, -0.2) is 0 Å². The number of hydrogen-bond donors (Lipinski definition) is 2. The van der Waals surface area contributed by atoms with Crippen molar-refractivity contribution in [2.75, 3.05) is 11.9 Å². The number of anilines is 1. The van der Waals surface area contributed by atoms with Gasteiger partial charge in [0.25, 0.3) is 5.91 Å². The van der Waals surface area contributed by atoms with Crippen molar-refractivity contribution in [3.63, 3.8) is 0 Å². The SMILES string of the molecule is Cn1c(CO)cc2cc(NC(=O)c3ccc(OCC4CC4)cc3)ccc21. The zero-order valence-corrected chi connectivity index (χ0v) is 14.7. The molecule has 1 aliphatic rings. The molecule has 0 aliphatic heterocycles. The molecule has 0 saturated heterocycles. The van der Waals surface area contributed by atoms with Gasteiger partial charge in [-0.1, -0.05) is 0 Å². The van der Waals surface area contributed by atoms with Gasteiger partial charge in [0.1, 0.15) is 5.75 Å². The molecule has 26 heavy (non-hydrogen) atoms. The maximum Gasteiger partial charge on any atom is 0.255 e. The van der Waals surface area contributed by atoms with E-state index in [0.717, 1.165) is 34.6 Å². The second-order valence-corrected chi connectivity index (χ2v) is 6.86. The van der Waals surface area contributed by atoms with E-state index in [-0.39, 0.29) is 12.5 Å². The lowest BCUT2D eigenvalue weighted by Crippen LogP contribution is -2.11. The molecule has 1 aliphatic carbocycles. The molecule has 3 aromatic rings. The Morgan fingerprint density at radius 3 is 2.65 bits per heavy atom. The van der Waals surface area contributed by atoms with Gasteiger partial charge in [-0.2, -0.15) is 0 Å². The molecule has 4 rings (SSSR count). The Labute approximate surface area is 152 Å². The summed E-state index contributed by atoms with van der Waals surface area (Å²) in [6.07, 6.45) is 2.51. The van der Waals surface area contributed by atoms with Gasteiger partial charge < -0.3 is 19.7 Å². The fourth-order valence-electron chi connectivity index (χ4n) is 3.04. The predicted molar refractivity (Wildman–Crippen MR) is 101 cm³/mol. The van der Waals surface area contributed by atoms with Crippen LogP contribution in [0.5, 0.6) is 5.75 Å². The van der Waals surface area contributed by atoms with Crippen LogP contribution >= 0.6 is 0 Å². The lowest BCUT2D eigenvalue weighted by molar-refractivity contribution is 0.102. The summed E-state index contributed by atoms with van der Waals surface area (Å²) in [6.45, 7) is 0.750. The Bertz CT molecular complexity index is 940. The molecule has 0 spiro atoms. The van der Waals surface area contributed by atoms with Gasteiger partial charge in [-0.15, -0.1) is 0 Å². The number of aliphatic hydroxyl groups excluding tert-OH is 1. The largest absolute Gasteiger partial charge is 0.493 e. The maximum absolute atomic E-state index is 12.5. The first kappa shape index (κ1) is 16.7. The standard InChI is InChI=1S/C21H22N2O3/c1-23-18(12-24)11-16-10-17(6-9-20(16)23)22-21(25)15-4-7-19(8-5-15)26-13-14-2-3-14/h4-11,14,24H,2-3,12-13H2,1H3,(H,22,25). The van der Waals surface area contributed by atoms with E-state index in [4.69, 9.17) is 4.74 Å². The van der Waals surface area contributed by atoms with Gasteiger partial charge >= 0.3 is 0 Å². The monoisotopic (exact) mass is 350 g/mol. The van der Waals surface area contributed by atoms with E-state index in [1.807, 2.05) is 48.0 Å². The van der Waals surface area contributed by atoms with Crippen LogP contribution in [-0.2, 0) is 13.7 Å². The number of carbonyl (C=O) groups excluding carboxylic acids is 1. The number of aromatic nitrogens is 1. The smallest absolute Gasteiger partial charge is 0.255 e. The highest BCUT2D eigenvalue weighted by Gasteiger charge is 2.21. The number of amides is 1. The Kier molecular flexibility index (Phi) is 4.39. The molecule has 5 nitrogen and oxygen atoms in total. The molecule has 1 fully saturated rings. The molecule has 1 aromatic heterocycles. The van der Waals surface area contributed by atoms with Crippen molar-refractivity contribution >= 4 is 22.5 Å². The average Bonchev–Trinajstić information content (AvgIpc) is 3.43. The summed E-state index contributed by atoms with van der Waals surface area (Å²) in [5.74, 6) is 1.35. The minimum atomic E-state index is -0.156. The third kappa shape index (κ3) is 3.44. The number of benzene rings is 2. The number of ether oxygens (including phenoxy) is 1. The van der Waals surface area contributed by atoms with E-state index in [1.54, 1.807) is 12.1 Å². The second-order valence-electron chi connectivity index (χ2n) is 6.86. The number of hydrogen-bond acceptors (Lipinski definition) is 3. The highest BCUT2D eigenvalue weighted by Crippen LogP contribution is 2.29. The van der Waals surface area contributed by atoms with Gasteiger partial charge in [-0.05, 0) is 67.3 Å². The van der Waals surface area contributed by atoms with Gasteiger partial charge in [0.2, 0.25) is 0 Å². The number of rotatable bonds is 6. The van der Waals surface area contributed by atoms with Crippen LogP contribution in [0.3, 0.4) is 0 Å². The van der Waals surface area contributed by atoms with Crippen molar-refractivity contribution in [3.05, 3.63) is 59.8 Å². The Balaban J connectivity index is 1.45. The van der Waals surface area contributed by atoms with Crippen molar-refractivity contribution in [2.24, 2.45) is 13.0 Å². The Hall–Kier alpha value is -2.79. The molecule has 2 N–H and O–H groups in total. The fourth-order valence-corrected chi connectivity index (χ4v) is 3.04. The predicted octanol–water partition coefficient (Wildman–Crippen LogP) is 3.71. The molecule has 1 heterocycles. The summed E-state index contributed by atoms with van der Waals surface area (Å²) in [4.78, 5) is 12.5. The first-order valence-electron chi connectivity index (χ1n) is 8.87. The van der Waals surface area contributed by atoms with Crippen molar-refractivity contribution in [1.29, 1.82) is 0 Å². The van der Waals surface area contributed by atoms with Crippen LogP contribution < -0.4 is 10.1 Å². The highest BCUT2D eigenvalue weighted by atomic mass is 16.5. The number of carbonyl (C=O) groups is 1. The molecule has 134 valence electrons. The van der Waals surface area contributed by atoms with Crippen LogP contribution in [0.1, 0.15) is 28.9 Å². The van der Waals surface area contributed by atoms with E-state index in [1.165, 1.54) is 12.8 Å². The van der Waals surface area contributed by atoms with Crippen LogP contribution in [0.2, 0.25) is 0 Å². The summed E-state index contributed by atoms with van der Waals surface area (Å²) in [5.41, 5.74) is 3.18. The summed E-state index contributed by atoms with van der Waals surface area (Å²) in [7, 11) is 1.92. The van der Waals surface area contributed by atoms with E-state index in [0.29, 0.717) is 11.5 Å². The van der Waals surface area contributed by atoms with Crippen molar-refractivity contribution in [1.82, 2.24) is 4.57 Å². The first-order chi connectivity index (χ1) is 12.6. The number of aliphatic hydroxyl groups is 1. The third-order valence-electron chi connectivity index (χ3n) is 4.86. The van der Waals surface area contributed by atoms with Gasteiger partial charge in [-0.3, -0.25) is 4.79 Å². The Morgan fingerprint density at radius 1 is 1.19 bits per heavy atom. The quantitative estimate of drug-likeness (QED) is 0.712. The second kappa shape index (κ2) is 6.84. The number of fused-ring (bicyclic) bond motifs is 1. The summed E-state index contributed by atoms with van der Waals surface area (Å²) < 4.78 is 7.65. The fraction of sp³-hybridized carbons (Fsp3) is 0.286. The maximum atomic E-state index is 12.5. The summed E-state index contributed by atoms with van der Waals surface area (Å²) in [5, 5.41) is 13.3. The number of aryl methyl sites for hydroxylation is 1. The minimum Gasteiger partial charge on any atom is -0.493 e. The molecule has 0 unspecified atom stereocenters. The molecule has 0 atom stereocenters. The van der Waals surface area contributed by atoms with E-state index in [2.05, 4.69) is 5.32 Å². The molecule has 1 amide bonds. The molecule has 2 aromatic carbocycles. The molecule has 0 bridgehead atoms. The zero-order chi connectivity index (χ0) is 18.1. The Morgan fingerprint density at radius 2 is 1.96 bits per heavy atom. The van der Waals surface area contributed by atoms with E-state index in [9.17, 15) is 9.90 Å². The zero-order valence-electron chi connectivity index (χ0n) is 14.7. The van der Waals surface area contributed by atoms with Crippen LogP contribution in [0.4, 0.5) is 5.69 Å². The first-order valence-corrected chi connectivity index (χ1v) is 8.87. The molecule has 0 radical (unpaired) electrons. The summed E-state index contributed by atoms with van der Waals surface area (Å²) in [6, 6.07) is 14.9. The van der Waals surface area contributed by atoms with Crippen molar-refractivity contribution in [3.8, 4) is 5.75 Å². The lowest BCUT2D eigenvalue weighted by atomic mass is 10.2. The van der Waals surface area contributed by atoms with Crippen molar-refractivity contribution in [2.45, 2.75) is 19.4 Å². The van der Waals surface area contributed by atoms with E-state index < -0.39 is 0 Å². The van der Waals surface area contributed by atoms with Crippen LogP contribution in [0.15, 0.2) is 48.5 Å². The van der Waals surface area contributed by atoms with E-state index >= 15 is 0 Å². The average molecular weight is 350 g/mol. The molecular formula is C21H22N2O3. The van der Waals surface area contributed by atoms with Crippen LogP contribution in [0, 0.1) is 5.92 Å². The molecule has 1 saturated carbocycles. The lowest BCUT2D eigenvalue weighted by Gasteiger charge is -2.08. The van der Waals surface area contributed by atoms with Gasteiger partial charge in [0.15, 0.2) is 0 Å². The molecule has 5 heteroatoms. The highest BCUT2D eigenvalue weighted by molar-refractivity contribution is 6.05. The summed E-state index contributed by atoms with van der Waals surface area (Å²) >= 11 is 0. The third-order valence-corrected chi connectivity index (χ3v) is 4.86. The molecular weight excluding hydrogens is 328 g/mol.